The van der Waals surface area contributed by atoms with Crippen LogP contribution in [0.15, 0.2) is 11.1 Å². The molecule has 54 heavy (non-hydrogen) atoms. The molecule has 312 valence electrons. The van der Waals surface area contributed by atoms with Crippen LogP contribution >= 0.6 is 31.7 Å². The van der Waals surface area contributed by atoms with Crippen LogP contribution in [0, 0.1) is 0 Å². The summed E-state index contributed by atoms with van der Waals surface area (Å²) in [5, 5.41) is -0.486. The molecule has 23 nitrogen and oxygen atoms in total. The summed E-state index contributed by atoms with van der Waals surface area (Å²) in [6.45, 7) is 9.02. The molecule has 7 atom stereocenters. The van der Waals surface area contributed by atoms with Crippen molar-refractivity contribution in [3.05, 3.63) is 16.7 Å². The average molecular weight is 872 g/mol. The molecule has 0 amide bonds. The van der Waals surface area contributed by atoms with E-state index in [1.807, 2.05) is 38.8 Å². The number of fused-ring (bicyclic) bond motifs is 1. The Balaban J connectivity index is 2.18. The highest BCUT2D eigenvalue weighted by atomic mass is 31.3. The van der Waals surface area contributed by atoms with Gasteiger partial charge in [0.15, 0.2) is 25.7 Å². The van der Waals surface area contributed by atoms with Gasteiger partial charge in [-0.1, -0.05) is 20.8 Å². The van der Waals surface area contributed by atoms with Gasteiger partial charge in [0.25, 0.3) is 5.56 Å². The molecule has 0 spiro atoms. The van der Waals surface area contributed by atoms with Crippen LogP contribution in [0.4, 0.5) is 5.95 Å². The predicted octanol–water partition coefficient (Wildman–Crippen LogP) is 3.05. The molecule has 1 aliphatic heterocycles. The monoisotopic (exact) mass is 871 g/mol. The zero-order valence-corrected chi connectivity index (χ0v) is 36.3. The molecule has 0 aromatic carbocycles. The highest BCUT2D eigenvalue weighted by molar-refractivity contribution is 7.61. The molecule has 0 aliphatic carbocycles. The number of hydrogen-bond acceptors (Lipinski definition) is 18. The first kappa shape index (κ1) is 47.1. The molecule has 6 N–H and O–H groups in total. The normalized spacial score (nSPS) is 22.9. The first-order valence-electron chi connectivity index (χ1n) is 16.6. The molecule has 1 fully saturated rings. The van der Waals surface area contributed by atoms with E-state index in [0.29, 0.717) is 19.5 Å². The lowest BCUT2D eigenvalue weighted by molar-refractivity contribution is -0.0498. The summed E-state index contributed by atoms with van der Waals surface area (Å²) in [5.74, 6) is -0.267. The number of phosphoric acid groups is 3. The minimum absolute atomic E-state index is 0.0721. The van der Waals surface area contributed by atoms with Crippen molar-refractivity contribution in [1.82, 2.24) is 29.3 Å². The van der Waals surface area contributed by atoms with Crippen molar-refractivity contribution in [2.75, 3.05) is 66.8 Å². The van der Waals surface area contributed by atoms with Gasteiger partial charge in [0, 0.05) is 0 Å². The van der Waals surface area contributed by atoms with Crippen molar-refractivity contribution in [2.24, 2.45) is 0 Å². The van der Waals surface area contributed by atoms with E-state index in [2.05, 4.69) is 19.3 Å². The Kier molecular flexibility index (Phi) is 16.6. The molecular formula is C26H53N7O16P4Si. The van der Waals surface area contributed by atoms with Crippen LogP contribution in [0.2, 0.25) is 18.1 Å². The molecule has 2 aromatic heterocycles. The van der Waals surface area contributed by atoms with Crippen molar-refractivity contribution >= 4 is 57.2 Å². The van der Waals surface area contributed by atoms with Crippen molar-refractivity contribution in [3.8, 4) is 0 Å². The number of hydrogen-bond donors (Lipinski definition) is 5. The summed E-state index contributed by atoms with van der Waals surface area (Å²) < 4.78 is 97.5. The lowest BCUT2D eigenvalue weighted by atomic mass is 10.1. The highest BCUT2D eigenvalue weighted by Crippen LogP contribution is 2.63. The second-order valence-corrected chi connectivity index (χ2v) is 24.8. The minimum atomic E-state index is -5.56. The van der Waals surface area contributed by atoms with E-state index >= 15 is 0 Å². The first-order valence-corrected chi connectivity index (χ1v) is 25.2. The van der Waals surface area contributed by atoms with E-state index in [1.54, 1.807) is 33.1 Å². The van der Waals surface area contributed by atoms with Gasteiger partial charge in [-0.2, -0.15) is 9.29 Å². The van der Waals surface area contributed by atoms with E-state index in [0.717, 1.165) is 0 Å². The second kappa shape index (κ2) is 19.0. The third-order valence-electron chi connectivity index (χ3n) is 8.29. The quantitative estimate of drug-likeness (QED) is 0.0645. The highest BCUT2D eigenvalue weighted by Gasteiger charge is 2.56. The number of nitrogen functional groups attached to an aromatic ring is 1. The number of nitrogens with two attached hydrogens (primary N) is 1. The lowest BCUT2D eigenvalue weighted by Crippen LogP contribution is -2.49. The summed E-state index contributed by atoms with van der Waals surface area (Å²) in [4.78, 5) is 56.1. The number of aromatic nitrogens is 4. The fraction of sp³-hybridized carbons (Fsp3) is 0.808. The van der Waals surface area contributed by atoms with Crippen LogP contribution in [0.1, 0.15) is 39.8 Å². The van der Waals surface area contributed by atoms with Gasteiger partial charge in [-0.05, 0) is 72.3 Å². The number of H-pyrrole nitrogens is 1. The maximum Gasteiger partial charge on any atom is 0.484 e. The van der Waals surface area contributed by atoms with E-state index in [1.165, 1.54) is 10.9 Å². The van der Waals surface area contributed by atoms with Gasteiger partial charge in [0.05, 0.1) is 26.1 Å². The SMILES string of the molecule is CN(C)CCCOP(=O)(OCC1OC(n2cnc3c(=O)[nH]c(N)nc32)C(O[Si](C)(C)C(C)(C)C)C1OP(=O)(OCCCN(C)C)OP(=O)(O)O)O[PH](=O)O. The summed E-state index contributed by atoms with van der Waals surface area (Å²) in [6, 6.07) is 0. The molecule has 0 bridgehead atoms. The topological polar surface area (TPSA) is 299 Å². The Hall–Kier alpha value is -1.23. The Morgan fingerprint density at radius 1 is 1.02 bits per heavy atom. The number of rotatable bonds is 22. The average Bonchev–Trinajstić information content (AvgIpc) is 3.55. The largest absolute Gasteiger partial charge is 0.484 e. The zero-order chi connectivity index (χ0) is 40.9. The molecule has 1 saturated heterocycles. The van der Waals surface area contributed by atoms with Crippen molar-refractivity contribution < 1.29 is 68.8 Å². The smallest absolute Gasteiger partial charge is 0.407 e. The number of ether oxygens (including phenoxy) is 1. The van der Waals surface area contributed by atoms with Crippen LogP contribution in [0.5, 0.6) is 0 Å². The maximum absolute atomic E-state index is 14.2. The summed E-state index contributed by atoms with van der Waals surface area (Å²) >= 11 is 0. The Morgan fingerprint density at radius 2 is 1.59 bits per heavy atom. The molecule has 7 unspecified atom stereocenters. The van der Waals surface area contributed by atoms with E-state index < -0.39 is 81.8 Å². The van der Waals surface area contributed by atoms with Gasteiger partial charge < -0.3 is 39.4 Å². The van der Waals surface area contributed by atoms with Gasteiger partial charge in [0.1, 0.15) is 18.3 Å². The Bertz CT molecular complexity index is 1780. The molecule has 0 radical (unpaired) electrons. The number of phosphoric ester groups is 2. The predicted molar refractivity (Wildman–Crippen MR) is 198 cm³/mol. The molecule has 0 saturated carbocycles. The number of nitrogens with zero attached hydrogens (tertiary/aromatic N) is 5. The van der Waals surface area contributed by atoms with Crippen LogP contribution < -0.4 is 11.3 Å². The van der Waals surface area contributed by atoms with Gasteiger partial charge in [0.2, 0.25) is 5.95 Å². The van der Waals surface area contributed by atoms with Crippen LogP contribution in [0.25, 0.3) is 11.2 Å². The maximum atomic E-state index is 14.2. The summed E-state index contributed by atoms with van der Waals surface area (Å²) in [6.07, 6.45) is -4.26. The van der Waals surface area contributed by atoms with Crippen LogP contribution in [0.3, 0.4) is 0 Å². The number of anilines is 1. The molecule has 3 rings (SSSR count). The third kappa shape index (κ3) is 13.7. The summed E-state index contributed by atoms with van der Waals surface area (Å²) in [5.41, 5.74) is 4.95. The lowest BCUT2D eigenvalue weighted by Gasteiger charge is -2.40. The van der Waals surface area contributed by atoms with Gasteiger partial charge >= 0.3 is 31.7 Å². The molecule has 28 heteroatoms. The Labute approximate surface area is 314 Å². The number of nitrogens with one attached hydrogen (secondary N) is 1. The second-order valence-electron chi connectivity index (χ2n) is 14.4. The molecule has 3 heterocycles. The fourth-order valence-electron chi connectivity index (χ4n) is 4.78. The van der Waals surface area contributed by atoms with Crippen LogP contribution in [-0.2, 0) is 54.1 Å². The molecule has 2 aromatic rings. The van der Waals surface area contributed by atoms with Gasteiger partial charge in [-0.3, -0.25) is 37.0 Å². The van der Waals surface area contributed by atoms with Crippen molar-refractivity contribution in [1.29, 1.82) is 0 Å². The summed E-state index contributed by atoms with van der Waals surface area (Å²) in [7, 11) is -15.3. The minimum Gasteiger partial charge on any atom is -0.407 e. The first-order chi connectivity index (χ1) is 24.7. The standard InChI is InChI=1S/C26H53N7O16P4Si/c1-26(2,3)54(8,9)47-21-20(46-53(41,49-51(37,38)39)43-15-11-13-32(6)7)18(16-44-52(40,48-50(35)36)42-14-10-12-31(4)5)45-24(21)33-17-28-19-22(33)29-25(27)30-23(19)34/h17-18,20-21,24,50H,10-16H2,1-9H3,(H,35,36)(H2,37,38,39)(H3,27,29,30,34). The Morgan fingerprint density at radius 3 is 2.11 bits per heavy atom. The van der Waals surface area contributed by atoms with E-state index in [-0.39, 0.29) is 36.7 Å². The molecular weight excluding hydrogens is 818 g/mol. The van der Waals surface area contributed by atoms with Crippen molar-refractivity contribution in [2.45, 2.75) is 76.3 Å². The molecule has 1 aliphatic rings. The van der Waals surface area contributed by atoms with Gasteiger partial charge in [-0.25, -0.2) is 23.0 Å². The number of imidazole rings is 1. The fourth-order valence-corrected chi connectivity index (χ4v) is 10.4. The van der Waals surface area contributed by atoms with E-state index in [4.69, 9.17) is 37.3 Å². The third-order valence-corrected chi connectivity index (χ3v) is 17.9. The van der Waals surface area contributed by atoms with Crippen LogP contribution in [-0.4, -0.2) is 132 Å². The number of aromatic amines is 1. The van der Waals surface area contributed by atoms with Gasteiger partial charge in [-0.15, -0.1) is 0 Å². The van der Waals surface area contributed by atoms with E-state index in [9.17, 15) is 37.7 Å². The van der Waals surface area contributed by atoms with Crippen molar-refractivity contribution in [3.63, 3.8) is 0 Å². The zero-order valence-electron chi connectivity index (χ0n) is 31.6.